The lowest BCUT2D eigenvalue weighted by Crippen LogP contribution is -2.34. The first-order valence-corrected chi connectivity index (χ1v) is 21.0. The van der Waals surface area contributed by atoms with Gasteiger partial charge in [0.15, 0.2) is 0 Å². The molecule has 0 N–H and O–H groups in total. The van der Waals surface area contributed by atoms with Crippen LogP contribution in [0.2, 0.25) is 0 Å². The fourth-order valence-electron chi connectivity index (χ4n) is 10.0. The van der Waals surface area contributed by atoms with Crippen LogP contribution in [-0.2, 0) is 0 Å². The first-order valence-electron chi connectivity index (χ1n) is 21.0. The fraction of sp³-hybridized carbons (Fsp3) is 0.179. The van der Waals surface area contributed by atoms with Crippen molar-refractivity contribution in [1.29, 1.82) is 0 Å². The van der Waals surface area contributed by atoms with Crippen LogP contribution in [-0.4, -0.2) is 9.97 Å². The number of allylic oxidation sites excluding steroid dienone is 18. The Morgan fingerprint density at radius 3 is 2.21 bits per heavy atom. The summed E-state index contributed by atoms with van der Waals surface area (Å²) < 4.78 is 0. The second kappa shape index (κ2) is 15.2. The van der Waals surface area contributed by atoms with Gasteiger partial charge in [-0.15, -0.1) is 0 Å². The van der Waals surface area contributed by atoms with E-state index in [2.05, 4.69) is 189 Å². The number of benzene rings is 3. The standard InChI is InChI=1S/C56H48N2/c1-38-33-44(53-22-12-14-32-58-53)27-28-48(38)54-49-19-9-10-20-50(49)55(42-25-23-41(24-26-42)52-21-11-13-31-57-52)56(2)30-29-43(37-51(54)56)47-35-45(39-15-5-3-6-16-39)34-46(36-47)40-17-7-4-8-18-40/h3-7,9-15,17,19-39,48,55H,8,16,18H2,1-2H3/t38-,39?,48?,55?,56?/m0/s1. The van der Waals surface area contributed by atoms with E-state index >= 15 is 0 Å². The minimum absolute atomic E-state index is 0.122. The van der Waals surface area contributed by atoms with E-state index in [1.54, 1.807) is 0 Å². The third-order valence-corrected chi connectivity index (χ3v) is 13.0. The smallest absolute Gasteiger partial charge is 0.0701 e. The van der Waals surface area contributed by atoms with Crippen molar-refractivity contribution in [1.82, 2.24) is 9.97 Å². The summed E-state index contributed by atoms with van der Waals surface area (Å²) in [5.41, 5.74) is 17.6. The molecular weight excluding hydrogens is 701 g/mol. The summed E-state index contributed by atoms with van der Waals surface area (Å²) in [7, 11) is 0. The SMILES string of the molecule is C[C@H]1C=C(c2ccccn2)C=CC1C1=C2C=C(c3cc(C4=CC=CCC4)cc(C4C=CC=CC4)c3)C=CC2(C)C(c2ccc(-c3ccccn3)cc2)c2ccccc21. The van der Waals surface area contributed by atoms with Crippen molar-refractivity contribution in [2.75, 3.05) is 0 Å². The maximum Gasteiger partial charge on any atom is 0.0701 e. The van der Waals surface area contributed by atoms with Crippen molar-refractivity contribution in [3.8, 4) is 11.3 Å². The Bertz CT molecular complexity index is 2660. The maximum atomic E-state index is 4.71. The van der Waals surface area contributed by atoms with E-state index < -0.39 is 0 Å². The van der Waals surface area contributed by atoms with E-state index in [1.165, 1.54) is 61.2 Å². The zero-order chi connectivity index (χ0) is 39.1. The lowest BCUT2D eigenvalue weighted by Gasteiger charge is -2.47. The average molecular weight is 749 g/mol. The van der Waals surface area contributed by atoms with E-state index in [0.717, 1.165) is 36.2 Å². The van der Waals surface area contributed by atoms with Gasteiger partial charge in [0.05, 0.1) is 11.4 Å². The molecule has 5 aliphatic carbocycles. The second-order valence-electron chi connectivity index (χ2n) is 16.6. The molecule has 0 spiro atoms. The molecule has 0 amide bonds. The van der Waals surface area contributed by atoms with Gasteiger partial charge in [0.25, 0.3) is 0 Å². The van der Waals surface area contributed by atoms with Crippen molar-refractivity contribution in [3.05, 3.63) is 239 Å². The average Bonchev–Trinajstić information content (AvgIpc) is 3.29. The van der Waals surface area contributed by atoms with Crippen LogP contribution >= 0.6 is 0 Å². The number of hydrogen-bond donors (Lipinski definition) is 0. The fourth-order valence-corrected chi connectivity index (χ4v) is 10.0. The molecule has 2 heteroatoms. The molecule has 0 saturated heterocycles. The van der Waals surface area contributed by atoms with E-state index in [0.29, 0.717) is 5.92 Å². The van der Waals surface area contributed by atoms with Crippen LogP contribution in [0.4, 0.5) is 0 Å². The van der Waals surface area contributed by atoms with Gasteiger partial charge in [0.1, 0.15) is 0 Å². The van der Waals surface area contributed by atoms with Crippen LogP contribution in [0.25, 0.3) is 33.5 Å². The molecule has 10 rings (SSSR count). The van der Waals surface area contributed by atoms with E-state index in [-0.39, 0.29) is 23.2 Å². The van der Waals surface area contributed by atoms with Crippen molar-refractivity contribution in [3.63, 3.8) is 0 Å². The minimum atomic E-state index is -0.299. The summed E-state index contributed by atoms with van der Waals surface area (Å²) in [6.45, 7) is 4.86. The van der Waals surface area contributed by atoms with Gasteiger partial charge in [0, 0.05) is 41.1 Å². The highest BCUT2D eigenvalue weighted by Crippen LogP contribution is 2.59. The molecule has 282 valence electrons. The Hall–Kier alpha value is -6.38. The highest BCUT2D eigenvalue weighted by Gasteiger charge is 2.46. The predicted molar refractivity (Wildman–Crippen MR) is 243 cm³/mol. The number of pyridine rings is 2. The summed E-state index contributed by atoms with van der Waals surface area (Å²) in [5, 5.41) is 0. The van der Waals surface area contributed by atoms with E-state index in [1.807, 2.05) is 24.5 Å². The second-order valence-corrected chi connectivity index (χ2v) is 16.6. The highest BCUT2D eigenvalue weighted by molar-refractivity contribution is 5.90. The molecular formula is C56H48N2. The molecule has 5 aromatic rings. The van der Waals surface area contributed by atoms with Gasteiger partial charge >= 0.3 is 0 Å². The first kappa shape index (κ1) is 36.0. The normalized spacial score (nSPS) is 24.5. The Morgan fingerprint density at radius 2 is 1.47 bits per heavy atom. The third kappa shape index (κ3) is 6.57. The molecule has 2 nitrogen and oxygen atoms in total. The lowest BCUT2D eigenvalue weighted by atomic mass is 9.56. The number of aromatic nitrogens is 2. The summed E-state index contributed by atoms with van der Waals surface area (Å²) in [5.74, 6) is 0.952. The molecule has 3 aromatic carbocycles. The largest absolute Gasteiger partial charge is 0.256 e. The molecule has 0 saturated carbocycles. The monoisotopic (exact) mass is 748 g/mol. The van der Waals surface area contributed by atoms with Gasteiger partial charge in [0.2, 0.25) is 0 Å². The Morgan fingerprint density at radius 1 is 0.672 bits per heavy atom. The molecule has 2 heterocycles. The third-order valence-electron chi connectivity index (χ3n) is 13.0. The van der Waals surface area contributed by atoms with Gasteiger partial charge in [-0.3, -0.25) is 9.97 Å². The quantitative estimate of drug-likeness (QED) is 0.166. The van der Waals surface area contributed by atoms with Gasteiger partial charge < -0.3 is 0 Å². The summed E-state index contributed by atoms with van der Waals surface area (Å²) in [6, 6.07) is 38.1. The van der Waals surface area contributed by atoms with Gasteiger partial charge in [-0.2, -0.15) is 0 Å². The molecule has 0 fully saturated rings. The number of fused-ring (bicyclic) bond motifs is 2. The number of rotatable bonds is 7. The van der Waals surface area contributed by atoms with Gasteiger partial charge in [-0.05, 0) is 123 Å². The van der Waals surface area contributed by atoms with Crippen molar-refractivity contribution >= 4 is 22.3 Å². The summed E-state index contributed by atoms with van der Waals surface area (Å²) in [4.78, 5) is 9.36. The van der Waals surface area contributed by atoms with Crippen LogP contribution in [0.3, 0.4) is 0 Å². The van der Waals surface area contributed by atoms with Crippen LogP contribution in [0.5, 0.6) is 0 Å². The minimum Gasteiger partial charge on any atom is -0.256 e. The van der Waals surface area contributed by atoms with Crippen molar-refractivity contribution in [2.24, 2.45) is 17.3 Å². The van der Waals surface area contributed by atoms with Crippen molar-refractivity contribution in [2.45, 2.75) is 44.9 Å². The van der Waals surface area contributed by atoms with E-state index in [4.69, 9.17) is 4.98 Å². The van der Waals surface area contributed by atoms with Crippen LogP contribution in [0.15, 0.2) is 200 Å². The molecule has 0 radical (unpaired) electrons. The summed E-state index contributed by atoms with van der Waals surface area (Å²) in [6.07, 6.45) is 37.5. The van der Waals surface area contributed by atoms with Crippen molar-refractivity contribution < 1.29 is 0 Å². The van der Waals surface area contributed by atoms with Gasteiger partial charge in [-0.1, -0.05) is 160 Å². The van der Waals surface area contributed by atoms with E-state index in [9.17, 15) is 0 Å². The maximum absolute atomic E-state index is 4.71. The molecule has 58 heavy (non-hydrogen) atoms. The Kier molecular flexibility index (Phi) is 9.42. The highest BCUT2D eigenvalue weighted by atomic mass is 14.7. The number of hydrogen-bond acceptors (Lipinski definition) is 2. The molecule has 4 unspecified atom stereocenters. The van der Waals surface area contributed by atoms with Crippen LogP contribution in [0.1, 0.15) is 84.0 Å². The topological polar surface area (TPSA) is 25.8 Å². The van der Waals surface area contributed by atoms with Crippen LogP contribution < -0.4 is 0 Å². The number of nitrogens with zero attached hydrogens (tertiary/aromatic N) is 2. The predicted octanol–water partition coefficient (Wildman–Crippen LogP) is 13.9. The molecule has 5 atom stereocenters. The first-order chi connectivity index (χ1) is 28.5. The molecule has 0 bridgehead atoms. The molecule has 5 aliphatic rings. The Labute approximate surface area is 343 Å². The molecule has 2 aromatic heterocycles. The Balaban J connectivity index is 1.15. The summed E-state index contributed by atoms with van der Waals surface area (Å²) >= 11 is 0. The van der Waals surface area contributed by atoms with Gasteiger partial charge in [-0.25, -0.2) is 0 Å². The lowest BCUT2D eigenvalue weighted by molar-refractivity contribution is 0.441. The zero-order valence-corrected chi connectivity index (χ0v) is 33.3. The molecule has 0 aliphatic heterocycles. The zero-order valence-electron chi connectivity index (χ0n) is 33.3. The van der Waals surface area contributed by atoms with Crippen LogP contribution in [0, 0.1) is 17.3 Å².